The lowest BCUT2D eigenvalue weighted by molar-refractivity contribution is -0.383. The molecule has 10 nitrogen and oxygen atoms in total. The maximum absolute atomic E-state index is 13.8. The van der Waals surface area contributed by atoms with Crippen molar-refractivity contribution in [1.82, 2.24) is 0 Å². The van der Waals surface area contributed by atoms with Crippen LogP contribution >= 0.6 is 0 Å². The summed E-state index contributed by atoms with van der Waals surface area (Å²) in [6, 6.07) is 0. The van der Waals surface area contributed by atoms with Gasteiger partial charge in [0.25, 0.3) is 0 Å². The van der Waals surface area contributed by atoms with Crippen LogP contribution in [-0.2, 0) is 14.2 Å². The number of ether oxygens (including phenoxy) is 3. The van der Waals surface area contributed by atoms with Crippen molar-refractivity contribution in [3.63, 3.8) is 0 Å². The number of alkyl halides is 1. The molecule has 0 spiro atoms. The van der Waals surface area contributed by atoms with Crippen LogP contribution in [0.1, 0.15) is 0 Å². The molecule has 136 valence electrons. The smallest absolute Gasteiger partial charge is 0.224 e. The topological polar surface area (TPSA) is 169 Å². The van der Waals surface area contributed by atoms with E-state index in [1.165, 1.54) is 0 Å². The number of halogens is 1. The van der Waals surface area contributed by atoms with Gasteiger partial charge in [-0.3, -0.25) is 0 Å². The van der Waals surface area contributed by atoms with Gasteiger partial charge in [-0.25, -0.2) is 4.39 Å². The minimum absolute atomic E-state index is 0.717. The highest BCUT2D eigenvalue weighted by molar-refractivity contribution is 4.98. The molecule has 9 atom stereocenters. The zero-order valence-corrected chi connectivity index (χ0v) is 12.0. The molecule has 0 radical (unpaired) electrons. The first kappa shape index (κ1) is 18.9. The quantitative estimate of drug-likeness (QED) is 0.258. The van der Waals surface area contributed by atoms with E-state index >= 15 is 0 Å². The Labute approximate surface area is 130 Å². The van der Waals surface area contributed by atoms with Crippen molar-refractivity contribution < 1.29 is 54.3 Å². The first-order chi connectivity index (χ1) is 10.8. The van der Waals surface area contributed by atoms with Crippen LogP contribution in [0.4, 0.5) is 4.39 Å². The van der Waals surface area contributed by atoms with E-state index in [1.54, 1.807) is 0 Å². The number of hydrogen-bond acceptors (Lipinski definition) is 10. The molecule has 7 N–H and O–H groups in total. The normalized spacial score (nSPS) is 51.1. The Bertz CT molecular complexity index is 398. The lowest BCUT2D eigenvalue weighted by Gasteiger charge is -2.43. The van der Waals surface area contributed by atoms with Crippen molar-refractivity contribution in [1.29, 1.82) is 0 Å². The number of rotatable bonds is 5. The van der Waals surface area contributed by atoms with Crippen molar-refractivity contribution in [2.45, 2.75) is 54.9 Å². The molecule has 2 rings (SSSR count). The fraction of sp³-hybridized carbons (Fsp3) is 1.00. The van der Waals surface area contributed by atoms with Crippen molar-refractivity contribution in [2.24, 2.45) is 0 Å². The van der Waals surface area contributed by atoms with Gasteiger partial charge in [0.15, 0.2) is 12.5 Å². The van der Waals surface area contributed by atoms with Gasteiger partial charge in [0.05, 0.1) is 13.2 Å². The largest absolute Gasteiger partial charge is 0.394 e. The van der Waals surface area contributed by atoms with Gasteiger partial charge in [0.2, 0.25) is 5.79 Å². The second-order valence-corrected chi connectivity index (χ2v) is 5.51. The van der Waals surface area contributed by atoms with E-state index in [2.05, 4.69) is 0 Å². The fourth-order valence-electron chi connectivity index (χ4n) is 2.60. The summed E-state index contributed by atoms with van der Waals surface area (Å²) < 4.78 is 29.0. The average molecular weight is 344 g/mol. The Morgan fingerprint density at radius 1 is 0.913 bits per heavy atom. The van der Waals surface area contributed by atoms with E-state index in [9.17, 15) is 29.9 Å². The van der Waals surface area contributed by atoms with Crippen LogP contribution in [0, 0.1) is 0 Å². The summed E-state index contributed by atoms with van der Waals surface area (Å²) >= 11 is 0. The third kappa shape index (κ3) is 3.22. The molecule has 0 saturated carbocycles. The molecule has 2 heterocycles. The van der Waals surface area contributed by atoms with E-state index in [0.29, 0.717) is 0 Å². The Hall–Kier alpha value is -0.470. The van der Waals surface area contributed by atoms with Gasteiger partial charge in [0.1, 0.15) is 43.2 Å². The van der Waals surface area contributed by atoms with Crippen molar-refractivity contribution in [3.8, 4) is 0 Å². The Morgan fingerprint density at radius 3 is 2.00 bits per heavy atom. The van der Waals surface area contributed by atoms with Gasteiger partial charge in [-0.1, -0.05) is 0 Å². The van der Waals surface area contributed by atoms with Crippen molar-refractivity contribution in [3.05, 3.63) is 0 Å². The van der Waals surface area contributed by atoms with Crippen LogP contribution in [0.2, 0.25) is 0 Å². The maximum Gasteiger partial charge on any atom is 0.224 e. The fourth-order valence-corrected chi connectivity index (χ4v) is 2.60. The van der Waals surface area contributed by atoms with Crippen LogP contribution in [-0.4, -0.2) is 110 Å². The van der Waals surface area contributed by atoms with Gasteiger partial charge in [-0.05, 0) is 0 Å². The lowest BCUT2D eigenvalue weighted by atomic mass is 9.99. The molecule has 2 aliphatic rings. The highest BCUT2D eigenvalue weighted by atomic mass is 19.1. The molecule has 0 aromatic heterocycles. The predicted octanol–water partition coefficient (Wildman–Crippen LogP) is -4.42. The van der Waals surface area contributed by atoms with Crippen molar-refractivity contribution in [2.75, 3.05) is 19.8 Å². The third-order valence-corrected chi connectivity index (χ3v) is 4.02. The van der Waals surface area contributed by atoms with Crippen LogP contribution in [0.15, 0.2) is 0 Å². The van der Waals surface area contributed by atoms with E-state index in [4.69, 9.17) is 24.4 Å². The average Bonchev–Trinajstić information content (AvgIpc) is 2.80. The first-order valence-electron chi connectivity index (χ1n) is 7.01. The molecule has 23 heavy (non-hydrogen) atoms. The summed E-state index contributed by atoms with van der Waals surface area (Å²) in [6.45, 7) is -2.55. The molecule has 0 unspecified atom stereocenters. The SMILES string of the molecule is OC[C@H]1O[C@H](O[C@]2(CO)O[C@H](CO)[C@@H](F)[C@@H]2O)[C@H](O)[C@@H](O)[C@@H]1O. The Balaban J connectivity index is 2.18. The van der Waals surface area contributed by atoms with E-state index in [1.807, 2.05) is 0 Å². The molecule has 0 aliphatic carbocycles. The molecule has 2 fully saturated rings. The van der Waals surface area contributed by atoms with E-state index in [0.717, 1.165) is 0 Å². The number of hydrogen-bond donors (Lipinski definition) is 7. The van der Waals surface area contributed by atoms with E-state index in [-0.39, 0.29) is 0 Å². The zero-order chi connectivity index (χ0) is 17.4. The van der Waals surface area contributed by atoms with E-state index < -0.39 is 74.7 Å². The van der Waals surface area contributed by atoms with Gasteiger partial charge in [-0.15, -0.1) is 0 Å². The minimum Gasteiger partial charge on any atom is -0.394 e. The summed E-state index contributed by atoms with van der Waals surface area (Å²) in [4.78, 5) is 0. The summed E-state index contributed by atoms with van der Waals surface area (Å²) in [7, 11) is 0. The lowest BCUT2D eigenvalue weighted by Crippen LogP contribution is -2.62. The maximum atomic E-state index is 13.8. The number of aliphatic hydroxyl groups excluding tert-OH is 7. The predicted molar refractivity (Wildman–Crippen MR) is 67.5 cm³/mol. The highest BCUT2D eigenvalue weighted by Gasteiger charge is 2.59. The minimum atomic E-state index is -2.35. The third-order valence-electron chi connectivity index (χ3n) is 4.02. The molecule has 2 saturated heterocycles. The highest BCUT2D eigenvalue weighted by Crippen LogP contribution is 2.37. The van der Waals surface area contributed by atoms with Gasteiger partial charge in [-0.2, -0.15) is 0 Å². The Kier molecular flexibility index (Phi) is 5.90. The summed E-state index contributed by atoms with van der Waals surface area (Å²) in [5, 5.41) is 66.6. The second kappa shape index (κ2) is 7.19. The van der Waals surface area contributed by atoms with Crippen LogP contribution in [0.25, 0.3) is 0 Å². The molecule has 0 aromatic carbocycles. The van der Waals surface area contributed by atoms with Crippen LogP contribution in [0.5, 0.6) is 0 Å². The zero-order valence-electron chi connectivity index (χ0n) is 12.0. The molecular weight excluding hydrogens is 323 g/mol. The van der Waals surface area contributed by atoms with Gasteiger partial charge < -0.3 is 50.0 Å². The molecule has 0 amide bonds. The van der Waals surface area contributed by atoms with Crippen LogP contribution in [0.3, 0.4) is 0 Å². The van der Waals surface area contributed by atoms with Crippen LogP contribution < -0.4 is 0 Å². The van der Waals surface area contributed by atoms with Crippen molar-refractivity contribution >= 4 is 0 Å². The van der Waals surface area contributed by atoms with Gasteiger partial charge >= 0.3 is 0 Å². The summed E-state index contributed by atoms with van der Waals surface area (Å²) in [6.07, 6.45) is -13.8. The molecule has 11 heteroatoms. The Morgan fingerprint density at radius 2 is 1.52 bits per heavy atom. The molecule has 0 bridgehead atoms. The first-order valence-corrected chi connectivity index (χ1v) is 7.01. The standard InChI is InChI=1S/C12H21FO10/c13-6-4(1-14)22-12(3-16,10(6)20)23-11-9(19)8(18)7(17)5(2-15)21-11/h4-11,14-20H,1-3H2/t4-,5-,6-,7-,8+,9-,10+,11-,12+/m1/s1. The molecule has 2 aliphatic heterocycles. The number of aliphatic hydroxyl groups is 7. The van der Waals surface area contributed by atoms with Gasteiger partial charge in [0, 0.05) is 0 Å². The second-order valence-electron chi connectivity index (χ2n) is 5.51. The monoisotopic (exact) mass is 344 g/mol. The molecular formula is C12H21FO10. The molecule has 0 aromatic rings. The summed E-state index contributed by atoms with van der Waals surface area (Å²) in [5.41, 5.74) is 0. The summed E-state index contributed by atoms with van der Waals surface area (Å²) in [5.74, 6) is -2.35.